The first kappa shape index (κ1) is 10.8. The normalized spacial score (nSPS) is 9.94. The average molecular weight is 384 g/mol. The fraction of sp³-hybridized carbons (Fsp3) is 0. The molecule has 0 bridgehead atoms. The van der Waals surface area contributed by atoms with Crippen LogP contribution in [0.1, 0.15) is 0 Å². The smallest absolute Gasteiger partial charge is 0.115 e. The van der Waals surface area contributed by atoms with Crippen molar-refractivity contribution < 1.29 is 20.1 Å². The molecule has 16 heavy (non-hydrogen) atoms. The number of imidazole rings is 1. The molecule has 0 unspecified atom stereocenters. The molecule has 3 nitrogen and oxygen atoms in total. The fourth-order valence-electron chi connectivity index (χ4n) is 1.73. The monoisotopic (exact) mass is 385 g/mol. The zero-order valence-electron chi connectivity index (χ0n) is 8.14. The van der Waals surface area contributed by atoms with E-state index in [0.29, 0.717) is 5.69 Å². The van der Waals surface area contributed by atoms with Crippen molar-refractivity contribution in [3.63, 3.8) is 0 Å². The van der Waals surface area contributed by atoms with Crippen molar-refractivity contribution in [3.8, 4) is 0 Å². The number of aromatic nitrogens is 2. The topological polar surface area (TPSA) is 21.7 Å². The Morgan fingerprint density at radius 1 is 1.31 bits per heavy atom. The van der Waals surface area contributed by atoms with E-state index in [-0.39, 0.29) is 20.1 Å². The third-order valence-corrected chi connectivity index (χ3v) is 2.43. The first-order valence-corrected chi connectivity index (χ1v) is 4.54. The second-order valence-electron chi connectivity index (χ2n) is 3.24. The summed E-state index contributed by atoms with van der Waals surface area (Å²) in [5.41, 5.74) is 1.49. The first-order valence-electron chi connectivity index (χ1n) is 4.54. The Bertz CT molecular complexity index is 694. The van der Waals surface area contributed by atoms with Crippen LogP contribution in [-0.2, 0) is 20.1 Å². The van der Waals surface area contributed by atoms with Crippen LogP contribution >= 0.6 is 0 Å². The molecule has 0 saturated carbocycles. The van der Waals surface area contributed by atoms with Crippen LogP contribution in [-0.4, -0.2) is 9.38 Å². The summed E-state index contributed by atoms with van der Waals surface area (Å²) in [4.78, 5) is 7.73. The maximum atomic E-state index is 7.08. The summed E-state index contributed by atoms with van der Waals surface area (Å²) in [5.74, 6) is 0. The maximum Gasteiger partial charge on any atom is 0.115 e. The molecule has 1 radical (unpaired) electrons. The van der Waals surface area contributed by atoms with E-state index in [2.05, 4.69) is 15.9 Å². The predicted octanol–water partition coefficient (Wildman–Crippen LogP) is 2.84. The van der Waals surface area contributed by atoms with E-state index in [4.69, 9.17) is 6.57 Å². The van der Waals surface area contributed by atoms with Gasteiger partial charge in [-0.05, 0) is 6.20 Å². The zero-order chi connectivity index (χ0) is 10.3. The SMILES string of the molecule is [C-]#[N+]c1cc[c-]c2c1ccn1ccnc21.[Ir]. The quantitative estimate of drug-likeness (QED) is 0.547. The molecule has 0 amide bonds. The van der Waals surface area contributed by atoms with Gasteiger partial charge in [0.2, 0.25) is 0 Å². The van der Waals surface area contributed by atoms with Gasteiger partial charge in [-0.15, -0.1) is 17.5 Å². The van der Waals surface area contributed by atoms with Gasteiger partial charge in [-0.1, -0.05) is 11.5 Å². The van der Waals surface area contributed by atoms with E-state index in [1.807, 2.05) is 22.9 Å². The number of fused-ring (bicyclic) bond motifs is 3. The van der Waals surface area contributed by atoms with Crippen LogP contribution in [0.5, 0.6) is 0 Å². The molecule has 2 heterocycles. The van der Waals surface area contributed by atoms with Gasteiger partial charge in [0.25, 0.3) is 0 Å². The molecule has 1 aromatic carbocycles. The van der Waals surface area contributed by atoms with Crippen molar-refractivity contribution in [2.24, 2.45) is 0 Å². The van der Waals surface area contributed by atoms with E-state index in [1.165, 1.54) is 0 Å². The van der Waals surface area contributed by atoms with Gasteiger partial charge in [0, 0.05) is 32.5 Å². The summed E-state index contributed by atoms with van der Waals surface area (Å²) < 4.78 is 1.92. The number of pyridine rings is 1. The van der Waals surface area contributed by atoms with Crippen molar-refractivity contribution in [3.05, 3.63) is 54.3 Å². The molecule has 0 saturated heterocycles. The molecule has 3 aromatic rings. The number of hydrogen-bond donors (Lipinski definition) is 0. The molecule has 0 spiro atoms. The van der Waals surface area contributed by atoms with Crippen LogP contribution in [0.25, 0.3) is 21.3 Å². The minimum Gasteiger partial charge on any atom is -0.347 e. The van der Waals surface area contributed by atoms with Gasteiger partial charge in [0.1, 0.15) is 5.69 Å². The van der Waals surface area contributed by atoms with Crippen molar-refractivity contribution in [2.75, 3.05) is 0 Å². The maximum absolute atomic E-state index is 7.08. The summed E-state index contributed by atoms with van der Waals surface area (Å²) >= 11 is 0. The molecule has 0 aliphatic carbocycles. The molecule has 0 fully saturated rings. The second-order valence-corrected chi connectivity index (χ2v) is 3.24. The second kappa shape index (κ2) is 4.05. The number of benzene rings is 1. The van der Waals surface area contributed by atoms with Crippen molar-refractivity contribution >= 4 is 22.1 Å². The largest absolute Gasteiger partial charge is 0.347 e. The Labute approximate surface area is 106 Å². The summed E-state index contributed by atoms with van der Waals surface area (Å²) in [6.07, 6.45) is 5.54. The van der Waals surface area contributed by atoms with Crippen LogP contribution in [0.4, 0.5) is 5.69 Å². The standard InChI is InChI=1S/C12H6N3.Ir/c1-13-11-4-2-3-10-9(11)5-7-15-8-6-14-12(10)15;/h2,4-8H;/q-1;. The molecule has 0 aliphatic heterocycles. The van der Waals surface area contributed by atoms with Gasteiger partial charge in [-0.3, -0.25) is 9.83 Å². The van der Waals surface area contributed by atoms with Gasteiger partial charge in [-0.25, -0.2) is 0 Å². The molecule has 0 aliphatic rings. The van der Waals surface area contributed by atoms with E-state index < -0.39 is 0 Å². The number of rotatable bonds is 0. The van der Waals surface area contributed by atoms with E-state index >= 15 is 0 Å². The fourth-order valence-corrected chi connectivity index (χ4v) is 1.73. The Morgan fingerprint density at radius 2 is 2.19 bits per heavy atom. The van der Waals surface area contributed by atoms with Gasteiger partial charge < -0.3 is 4.40 Å². The van der Waals surface area contributed by atoms with E-state index in [1.54, 1.807) is 18.3 Å². The third-order valence-electron chi connectivity index (χ3n) is 2.43. The zero-order valence-corrected chi connectivity index (χ0v) is 10.5. The van der Waals surface area contributed by atoms with Crippen LogP contribution in [0, 0.1) is 12.6 Å². The molecular formula is C12H6IrN3-. The average Bonchev–Trinajstić information content (AvgIpc) is 2.76. The molecule has 0 N–H and O–H groups in total. The van der Waals surface area contributed by atoms with E-state index in [9.17, 15) is 0 Å². The summed E-state index contributed by atoms with van der Waals surface area (Å²) in [6, 6.07) is 8.59. The minimum atomic E-state index is 0. The minimum absolute atomic E-state index is 0. The summed E-state index contributed by atoms with van der Waals surface area (Å²) in [5, 5.41) is 1.81. The molecular weight excluding hydrogens is 378 g/mol. The van der Waals surface area contributed by atoms with Crippen LogP contribution < -0.4 is 0 Å². The van der Waals surface area contributed by atoms with Crippen molar-refractivity contribution in [1.29, 1.82) is 0 Å². The van der Waals surface area contributed by atoms with Gasteiger partial charge in [0.05, 0.1) is 12.2 Å². The van der Waals surface area contributed by atoms with Crippen LogP contribution in [0.3, 0.4) is 0 Å². The number of hydrogen-bond acceptors (Lipinski definition) is 1. The molecule has 3 rings (SSSR count). The Morgan fingerprint density at radius 3 is 3.00 bits per heavy atom. The third kappa shape index (κ3) is 1.42. The van der Waals surface area contributed by atoms with Crippen molar-refractivity contribution in [1.82, 2.24) is 9.38 Å². The predicted molar refractivity (Wildman–Crippen MR) is 57.8 cm³/mol. The Balaban J connectivity index is 0.000000963. The summed E-state index contributed by atoms with van der Waals surface area (Å²) in [6.45, 7) is 7.08. The molecule has 79 valence electrons. The summed E-state index contributed by atoms with van der Waals surface area (Å²) in [7, 11) is 0. The van der Waals surface area contributed by atoms with E-state index in [0.717, 1.165) is 16.4 Å². The first-order chi connectivity index (χ1) is 7.40. The molecule has 0 atom stereocenters. The Kier molecular flexibility index (Phi) is 2.74. The molecule has 4 heteroatoms. The van der Waals surface area contributed by atoms with Gasteiger partial charge >= 0.3 is 0 Å². The molecule has 2 aromatic heterocycles. The van der Waals surface area contributed by atoms with Gasteiger partial charge in [0.15, 0.2) is 0 Å². The Hall–Kier alpha value is -1.69. The van der Waals surface area contributed by atoms with Crippen molar-refractivity contribution in [2.45, 2.75) is 0 Å². The van der Waals surface area contributed by atoms with Crippen LogP contribution in [0.2, 0.25) is 0 Å². The number of nitrogens with zero attached hydrogens (tertiary/aromatic N) is 3. The van der Waals surface area contributed by atoms with Gasteiger partial charge in [-0.2, -0.15) is 6.07 Å². The van der Waals surface area contributed by atoms with Crippen LogP contribution in [0.15, 0.2) is 36.8 Å².